The molecule has 1 heteroatoms. The molecule has 0 amide bonds. The fourth-order valence-electron chi connectivity index (χ4n) is 0.760. The number of allylic oxidation sites excluding steroid dienone is 1. The van der Waals surface area contributed by atoms with Gasteiger partial charge in [-0.25, -0.2) is 0 Å². The van der Waals surface area contributed by atoms with E-state index in [4.69, 9.17) is 0 Å². The van der Waals surface area contributed by atoms with E-state index in [1.807, 2.05) is 0 Å². The van der Waals surface area contributed by atoms with Crippen LogP contribution in [0.5, 0.6) is 0 Å². The summed E-state index contributed by atoms with van der Waals surface area (Å²) in [4.78, 5) is 2.17. The highest BCUT2D eigenvalue weighted by Crippen LogP contribution is 2.27. The molecule has 0 saturated heterocycles. The first-order valence-corrected chi connectivity index (χ1v) is 4.68. The Balaban J connectivity index is 3.96. The molecule has 0 bridgehead atoms. The summed E-state index contributed by atoms with van der Waals surface area (Å²) >= 11 is 0. The van der Waals surface area contributed by atoms with E-state index in [0.29, 0.717) is 11.3 Å². The van der Waals surface area contributed by atoms with Crippen LogP contribution in [0.4, 0.5) is 0 Å². The van der Waals surface area contributed by atoms with Crippen molar-refractivity contribution < 1.29 is 0 Å². The zero-order valence-electron chi connectivity index (χ0n) is 9.39. The second-order valence-electron chi connectivity index (χ2n) is 4.64. The maximum atomic E-state index is 2.32. The summed E-state index contributed by atoms with van der Waals surface area (Å²) in [7, 11) is 4.18. The van der Waals surface area contributed by atoms with Crippen LogP contribution in [0.15, 0.2) is 12.2 Å². The lowest BCUT2D eigenvalue weighted by Gasteiger charge is -2.25. The third kappa shape index (κ3) is 4.55. The highest BCUT2D eigenvalue weighted by molar-refractivity contribution is 4.97. The van der Waals surface area contributed by atoms with Gasteiger partial charge in [0.2, 0.25) is 0 Å². The van der Waals surface area contributed by atoms with Crippen molar-refractivity contribution in [1.82, 2.24) is 4.90 Å². The van der Waals surface area contributed by atoms with Crippen molar-refractivity contribution >= 4 is 0 Å². The standard InChI is InChI=1S/C11H23N/c1-10(2)11(3,4)8-7-9-12(5)6/h7-8,10H,9H2,1-6H3. The summed E-state index contributed by atoms with van der Waals surface area (Å²) in [5, 5.41) is 0. The molecule has 0 unspecified atom stereocenters. The van der Waals surface area contributed by atoms with Gasteiger partial charge < -0.3 is 4.90 Å². The molecule has 0 aromatic carbocycles. The second-order valence-corrected chi connectivity index (χ2v) is 4.64. The summed E-state index contributed by atoms with van der Waals surface area (Å²) in [6.07, 6.45) is 4.57. The minimum Gasteiger partial charge on any atom is -0.306 e. The topological polar surface area (TPSA) is 3.24 Å². The van der Waals surface area contributed by atoms with Crippen LogP contribution < -0.4 is 0 Å². The minimum atomic E-state index is 0.329. The Bertz CT molecular complexity index is 143. The monoisotopic (exact) mass is 169 g/mol. The van der Waals surface area contributed by atoms with E-state index in [0.717, 1.165) is 6.54 Å². The lowest BCUT2D eigenvalue weighted by molar-refractivity contribution is 0.330. The maximum Gasteiger partial charge on any atom is 0.0157 e. The highest BCUT2D eigenvalue weighted by Gasteiger charge is 2.17. The molecule has 0 atom stereocenters. The third-order valence-corrected chi connectivity index (χ3v) is 2.51. The Morgan fingerprint density at radius 2 is 1.75 bits per heavy atom. The SMILES string of the molecule is CC(C)C(C)(C)C=CCN(C)C. The van der Waals surface area contributed by atoms with Crippen LogP contribution >= 0.6 is 0 Å². The molecular weight excluding hydrogens is 146 g/mol. The summed E-state index contributed by atoms with van der Waals surface area (Å²) < 4.78 is 0. The van der Waals surface area contributed by atoms with E-state index >= 15 is 0 Å². The molecular formula is C11H23N. The van der Waals surface area contributed by atoms with Gasteiger partial charge in [-0.15, -0.1) is 0 Å². The Labute approximate surface area is 77.5 Å². The smallest absolute Gasteiger partial charge is 0.0157 e. The number of hydrogen-bond donors (Lipinski definition) is 0. The minimum absolute atomic E-state index is 0.329. The van der Waals surface area contributed by atoms with E-state index in [-0.39, 0.29) is 0 Å². The van der Waals surface area contributed by atoms with Gasteiger partial charge in [-0.3, -0.25) is 0 Å². The number of rotatable bonds is 4. The van der Waals surface area contributed by atoms with Gasteiger partial charge in [0.25, 0.3) is 0 Å². The fraction of sp³-hybridized carbons (Fsp3) is 0.818. The number of hydrogen-bond acceptors (Lipinski definition) is 1. The molecule has 0 radical (unpaired) electrons. The van der Waals surface area contributed by atoms with Gasteiger partial charge in [0.05, 0.1) is 0 Å². The normalized spacial score (nSPS) is 13.7. The van der Waals surface area contributed by atoms with E-state index in [1.54, 1.807) is 0 Å². The van der Waals surface area contributed by atoms with Crippen LogP contribution in [0, 0.1) is 11.3 Å². The van der Waals surface area contributed by atoms with E-state index in [2.05, 4.69) is 58.8 Å². The summed E-state index contributed by atoms with van der Waals surface area (Å²) in [5.41, 5.74) is 0.329. The summed E-state index contributed by atoms with van der Waals surface area (Å²) in [6, 6.07) is 0. The second kappa shape index (κ2) is 4.66. The Morgan fingerprint density at radius 3 is 2.08 bits per heavy atom. The van der Waals surface area contributed by atoms with Crippen molar-refractivity contribution in [3.8, 4) is 0 Å². The zero-order chi connectivity index (χ0) is 9.78. The maximum absolute atomic E-state index is 2.32. The molecule has 1 nitrogen and oxygen atoms in total. The van der Waals surface area contributed by atoms with Gasteiger partial charge in [0.15, 0.2) is 0 Å². The van der Waals surface area contributed by atoms with E-state index < -0.39 is 0 Å². The van der Waals surface area contributed by atoms with Crippen LogP contribution in [-0.4, -0.2) is 25.5 Å². The molecule has 72 valence electrons. The molecule has 0 rings (SSSR count). The zero-order valence-corrected chi connectivity index (χ0v) is 9.39. The van der Waals surface area contributed by atoms with Crippen molar-refractivity contribution in [2.45, 2.75) is 27.7 Å². The molecule has 0 aromatic rings. The first-order valence-electron chi connectivity index (χ1n) is 4.68. The van der Waals surface area contributed by atoms with Gasteiger partial charge >= 0.3 is 0 Å². The largest absolute Gasteiger partial charge is 0.306 e. The lowest BCUT2D eigenvalue weighted by Crippen LogP contribution is -2.17. The molecule has 0 aromatic heterocycles. The lowest BCUT2D eigenvalue weighted by atomic mass is 9.81. The van der Waals surface area contributed by atoms with E-state index in [1.165, 1.54) is 0 Å². The van der Waals surface area contributed by atoms with Crippen molar-refractivity contribution in [2.24, 2.45) is 11.3 Å². The Hall–Kier alpha value is -0.300. The molecule has 0 saturated carbocycles. The van der Waals surface area contributed by atoms with Crippen molar-refractivity contribution in [1.29, 1.82) is 0 Å². The summed E-state index contributed by atoms with van der Waals surface area (Å²) in [5.74, 6) is 0.705. The van der Waals surface area contributed by atoms with Crippen LogP contribution in [-0.2, 0) is 0 Å². The van der Waals surface area contributed by atoms with Crippen molar-refractivity contribution in [3.63, 3.8) is 0 Å². The molecule has 0 fully saturated rings. The van der Waals surface area contributed by atoms with Crippen molar-refractivity contribution in [2.75, 3.05) is 20.6 Å². The predicted molar refractivity (Wildman–Crippen MR) is 56.3 cm³/mol. The Kier molecular flexibility index (Phi) is 4.54. The molecule has 0 heterocycles. The average Bonchev–Trinajstić information content (AvgIpc) is 1.85. The first-order chi connectivity index (χ1) is 5.36. The quantitative estimate of drug-likeness (QED) is 0.585. The third-order valence-electron chi connectivity index (χ3n) is 2.51. The molecule has 0 aliphatic carbocycles. The average molecular weight is 169 g/mol. The highest BCUT2D eigenvalue weighted by atomic mass is 15.0. The Morgan fingerprint density at radius 1 is 1.25 bits per heavy atom. The number of nitrogens with zero attached hydrogens (tertiary/aromatic N) is 1. The molecule has 0 aliphatic rings. The van der Waals surface area contributed by atoms with Crippen LogP contribution in [0.25, 0.3) is 0 Å². The first kappa shape index (κ1) is 11.7. The van der Waals surface area contributed by atoms with Crippen molar-refractivity contribution in [3.05, 3.63) is 12.2 Å². The van der Waals surface area contributed by atoms with Gasteiger partial charge in [0.1, 0.15) is 0 Å². The van der Waals surface area contributed by atoms with Gasteiger partial charge in [-0.2, -0.15) is 0 Å². The molecule has 12 heavy (non-hydrogen) atoms. The molecule has 0 aliphatic heterocycles. The van der Waals surface area contributed by atoms with Gasteiger partial charge in [0, 0.05) is 6.54 Å². The molecule has 0 spiro atoms. The van der Waals surface area contributed by atoms with E-state index in [9.17, 15) is 0 Å². The predicted octanol–water partition coefficient (Wildman–Crippen LogP) is 2.79. The van der Waals surface area contributed by atoms with Crippen LogP contribution in [0.1, 0.15) is 27.7 Å². The van der Waals surface area contributed by atoms with Gasteiger partial charge in [-0.05, 0) is 25.4 Å². The molecule has 0 N–H and O–H groups in total. The van der Waals surface area contributed by atoms with Crippen LogP contribution in [0.2, 0.25) is 0 Å². The fourth-order valence-corrected chi connectivity index (χ4v) is 0.760. The van der Waals surface area contributed by atoms with Crippen LogP contribution in [0.3, 0.4) is 0 Å². The van der Waals surface area contributed by atoms with Gasteiger partial charge in [-0.1, -0.05) is 39.8 Å². The number of likely N-dealkylation sites (N-methyl/N-ethyl adjacent to an activating group) is 1. The summed E-state index contributed by atoms with van der Waals surface area (Å²) in [6.45, 7) is 10.1.